The monoisotopic (exact) mass is 320 g/mol. The van der Waals surface area contributed by atoms with Crippen LogP contribution in [0.4, 0.5) is 0 Å². The van der Waals surface area contributed by atoms with Gasteiger partial charge in [0.25, 0.3) is 0 Å². The van der Waals surface area contributed by atoms with Gasteiger partial charge in [0, 0.05) is 16.8 Å². The maximum absolute atomic E-state index is 5.91. The zero-order chi connectivity index (χ0) is 12.7. The first-order valence-corrected chi connectivity index (χ1v) is 6.73. The van der Waals surface area contributed by atoms with Crippen LogP contribution in [-0.2, 0) is 0 Å². The van der Waals surface area contributed by atoms with E-state index in [0.717, 1.165) is 26.5 Å². The zero-order valence-electron chi connectivity index (χ0n) is 9.69. The van der Waals surface area contributed by atoms with Crippen LogP contribution in [0.25, 0.3) is 16.9 Å². The van der Waals surface area contributed by atoms with Gasteiger partial charge < -0.3 is 0 Å². The van der Waals surface area contributed by atoms with Gasteiger partial charge in [-0.15, -0.1) is 0 Å². The van der Waals surface area contributed by atoms with Crippen LogP contribution < -0.4 is 0 Å². The molecular formula is C14H10BrClN2. The van der Waals surface area contributed by atoms with Crippen molar-refractivity contribution in [2.75, 3.05) is 0 Å². The van der Waals surface area contributed by atoms with Gasteiger partial charge in [-0.2, -0.15) is 0 Å². The second kappa shape index (κ2) is 4.41. The van der Waals surface area contributed by atoms with E-state index < -0.39 is 0 Å². The van der Waals surface area contributed by atoms with E-state index >= 15 is 0 Å². The third-order valence-corrected chi connectivity index (χ3v) is 3.73. The van der Waals surface area contributed by atoms with E-state index in [2.05, 4.69) is 38.3 Å². The minimum atomic E-state index is 0.731. The molecule has 0 bridgehead atoms. The molecule has 3 aromatic rings. The number of aryl methyl sites for hydroxylation is 1. The molecule has 1 aromatic carbocycles. The maximum atomic E-state index is 5.91. The minimum absolute atomic E-state index is 0.731. The van der Waals surface area contributed by atoms with Gasteiger partial charge in [0.2, 0.25) is 0 Å². The Morgan fingerprint density at radius 1 is 1.17 bits per heavy atom. The molecule has 0 spiro atoms. The first-order chi connectivity index (χ1) is 8.66. The van der Waals surface area contributed by atoms with Crippen molar-refractivity contribution in [2.24, 2.45) is 0 Å². The molecule has 0 fully saturated rings. The summed E-state index contributed by atoms with van der Waals surface area (Å²) in [6.07, 6.45) is 2.02. The summed E-state index contributed by atoms with van der Waals surface area (Å²) in [5.41, 5.74) is 3.34. The van der Waals surface area contributed by atoms with E-state index in [1.807, 2.05) is 36.5 Å². The molecule has 4 heteroatoms. The van der Waals surface area contributed by atoms with Crippen molar-refractivity contribution < 1.29 is 0 Å². The van der Waals surface area contributed by atoms with E-state index in [9.17, 15) is 0 Å². The molecule has 0 N–H and O–H groups in total. The average molecular weight is 322 g/mol. The van der Waals surface area contributed by atoms with E-state index in [4.69, 9.17) is 11.6 Å². The summed E-state index contributed by atoms with van der Waals surface area (Å²) in [7, 11) is 0. The van der Waals surface area contributed by atoms with Gasteiger partial charge >= 0.3 is 0 Å². The molecule has 18 heavy (non-hydrogen) atoms. The van der Waals surface area contributed by atoms with E-state index in [0.29, 0.717) is 0 Å². The van der Waals surface area contributed by atoms with Crippen molar-refractivity contribution in [3.05, 3.63) is 57.8 Å². The van der Waals surface area contributed by atoms with Crippen LogP contribution in [-0.4, -0.2) is 9.38 Å². The van der Waals surface area contributed by atoms with Crippen molar-refractivity contribution in [2.45, 2.75) is 6.92 Å². The van der Waals surface area contributed by atoms with Crippen LogP contribution in [0, 0.1) is 6.92 Å². The van der Waals surface area contributed by atoms with Crippen molar-refractivity contribution in [3.63, 3.8) is 0 Å². The highest BCUT2D eigenvalue weighted by molar-refractivity contribution is 9.10. The highest BCUT2D eigenvalue weighted by Crippen LogP contribution is 2.28. The third kappa shape index (κ3) is 1.84. The lowest BCUT2D eigenvalue weighted by Gasteiger charge is -2.02. The summed E-state index contributed by atoms with van der Waals surface area (Å²) in [6, 6.07) is 11.8. The van der Waals surface area contributed by atoms with Gasteiger partial charge in [-0.3, -0.25) is 4.40 Å². The molecule has 0 amide bonds. The normalized spacial score (nSPS) is 11.1. The summed E-state index contributed by atoms with van der Waals surface area (Å²) in [5, 5.41) is 0.731. The van der Waals surface area contributed by atoms with E-state index in [-0.39, 0.29) is 0 Å². The Morgan fingerprint density at radius 3 is 2.61 bits per heavy atom. The predicted molar refractivity (Wildman–Crippen MR) is 78.1 cm³/mol. The summed E-state index contributed by atoms with van der Waals surface area (Å²) in [6.45, 7) is 2.08. The lowest BCUT2D eigenvalue weighted by atomic mass is 10.2. The van der Waals surface area contributed by atoms with Crippen LogP contribution in [0.1, 0.15) is 5.56 Å². The first-order valence-electron chi connectivity index (χ1n) is 5.56. The lowest BCUT2D eigenvalue weighted by molar-refractivity contribution is 1.15. The Kier molecular flexibility index (Phi) is 2.88. The van der Waals surface area contributed by atoms with Crippen LogP contribution in [0.3, 0.4) is 0 Å². The fourth-order valence-electron chi connectivity index (χ4n) is 2.06. The molecule has 3 rings (SSSR count). The van der Waals surface area contributed by atoms with Gasteiger partial charge in [0.15, 0.2) is 0 Å². The van der Waals surface area contributed by atoms with Crippen molar-refractivity contribution in [1.29, 1.82) is 0 Å². The molecular weight excluding hydrogens is 312 g/mol. The van der Waals surface area contributed by atoms with Gasteiger partial charge in [0.05, 0.1) is 5.52 Å². The highest BCUT2D eigenvalue weighted by Gasteiger charge is 2.12. The fraction of sp³-hybridized carbons (Fsp3) is 0.0714. The molecule has 0 aliphatic carbocycles. The number of fused-ring (bicyclic) bond motifs is 1. The van der Waals surface area contributed by atoms with E-state index in [1.54, 1.807) is 0 Å². The molecule has 0 aliphatic heterocycles. The van der Waals surface area contributed by atoms with Crippen molar-refractivity contribution >= 4 is 33.0 Å². The Bertz CT molecular complexity index is 716. The fourth-order valence-corrected chi connectivity index (χ4v) is 2.86. The van der Waals surface area contributed by atoms with Crippen LogP contribution in [0.5, 0.6) is 0 Å². The largest absolute Gasteiger partial charge is 0.298 e. The standard InChI is InChI=1S/C14H10BrClN2/c1-9-3-2-8-18-12(9)13(15)17-14(18)10-4-6-11(16)7-5-10/h2-8H,1H3. The molecule has 90 valence electrons. The number of hydrogen-bond donors (Lipinski definition) is 0. The minimum Gasteiger partial charge on any atom is -0.298 e. The average Bonchev–Trinajstić information content (AvgIpc) is 2.69. The van der Waals surface area contributed by atoms with Gasteiger partial charge in [-0.25, -0.2) is 4.98 Å². The number of benzene rings is 1. The molecule has 0 atom stereocenters. The number of rotatable bonds is 1. The molecule has 0 aliphatic rings. The number of hydrogen-bond acceptors (Lipinski definition) is 1. The van der Waals surface area contributed by atoms with Crippen LogP contribution >= 0.6 is 27.5 Å². The molecule has 0 saturated heterocycles. The smallest absolute Gasteiger partial charge is 0.145 e. The molecule has 0 radical (unpaired) electrons. The topological polar surface area (TPSA) is 17.3 Å². The lowest BCUT2D eigenvalue weighted by Crippen LogP contribution is -1.90. The SMILES string of the molecule is Cc1cccn2c(-c3ccc(Cl)cc3)nc(Br)c12. The quantitative estimate of drug-likeness (QED) is 0.633. The molecule has 2 aromatic heterocycles. The number of aromatic nitrogens is 2. The number of pyridine rings is 1. The van der Waals surface area contributed by atoms with E-state index in [1.165, 1.54) is 5.56 Å². The van der Waals surface area contributed by atoms with Gasteiger partial charge in [-0.1, -0.05) is 17.7 Å². The maximum Gasteiger partial charge on any atom is 0.145 e. The summed E-state index contributed by atoms with van der Waals surface area (Å²) in [4.78, 5) is 4.59. The molecule has 0 unspecified atom stereocenters. The number of halogens is 2. The van der Waals surface area contributed by atoms with Gasteiger partial charge in [-0.05, 0) is 58.7 Å². The zero-order valence-corrected chi connectivity index (χ0v) is 12.0. The molecule has 2 nitrogen and oxygen atoms in total. The summed E-state index contributed by atoms with van der Waals surface area (Å²) in [5.74, 6) is 0.914. The van der Waals surface area contributed by atoms with Gasteiger partial charge in [0.1, 0.15) is 10.4 Å². The Hall–Kier alpha value is -1.32. The summed E-state index contributed by atoms with van der Waals surface area (Å²) < 4.78 is 2.95. The predicted octanol–water partition coefficient (Wildman–Crippen LogP) is 4.73. The van der Waals surface area contributed by atoms with Crippen LogP contribution in [0.15, 0.2) is 47.2 Å². The third-order valence-electron chi connectivity index (χ3n) is 2.93. The number of imidazole rings is 1. The number of nitrogens with zero attached hydrogens (tertiary/aromatic N) is 2. The Labute approximate surface area is 118 Å². The van der Waals surface area contributed by atoms with Crippen LogP contribution in [0.2, 0.25) is 5.02 Å². The molecule has 0 saturated carbocycles. The second-order valence-corrected chi connectivity index (χ2v) is 5.33. The first kappa shape index (κ1) is 11.8. The second-order valence-electron chi connectivity index (χ2n) is 4.14. The van der Waals surface area contributed by atoms with Crippen molar-refractivity contribution in [1.82, 2.24) is 9.38 Å². The molecule has 2 heterocycles. The van der Waals surface area contributed by atoms with Crippen molar-refractivity contribution in [3.8, 4) is 11.4 Å². The highest BCUT2D eigenvalue weighted by atomic mass is 79.9. The Morgan fingerprint density at radius 2 is 1.89 bits per heavy atom. The summed E-state index contributed by atoms with van der Waals surface area (Å²) >= 11 is 9.43. The Balaban J connectivity index is 2.30.